The van der Waals surface area contributed by atoms with Crippen LogP contribution in [0.4, 0.5) is 0 Å². The van der Waals surface area contributed by atoms with Gasteiger partial charge in [0, 0.05) is 23.7 Å². The molecule has 0 saturated heterocycles. The normalized spacial score (nSPS) is 10.6. The van der Waals surface area contributed by atoms with Crippen LogP contribution in [0.2, 0.25) is 0 Å². The first-order valence-corrected chi connectivity index (χ1v) is 5.45. The molecule has 0 unspecified atom stereocenters. The highest BCUT2D eigenvalue weighted by Crippen LogP contribution is 2.08. The fourth-order valence-corrected chi connectivity index (χ4v) is 1.65. The number of fused-ring (bicyclic) bond motifs is 1. The highest BCUT2D eigenvalue weighted by molar-refractivity contribution is 5.75. The van der Waals surface area contributed by atoms with Gasteiger partial charge in [-0.25, -0.2) is 9.66 Å². The Bertz CT molecular complexity index is 560. The molecule has 2 heterocycles. The Morgan fingerprint density at radius 2 is 2.31 bits per heavy atom. The number of hydrogen-bond acceptors (Lipinski definition) is 3. The maximum atomic E-state index is 11.9. The van der Waals surface area contributed by atoms with Gasteiger partial charge in [0.25, 0.3) is 5.56 Å². The van der Waals surface area contributed by atoms with Gasteiger partial charge in [0.15, 0.2) is 5.65 Å². The van der Waals surface area contributed by atoms with Crippen molar-refractivity contribution in [1.29, 1.82) is 0 Å². The summed E-state index contributed by atoms with van der Waals surface area (Å²) in [4.78, 5) is 16.2. The predicted molar refractivity (Wildman–Crippen MR) is 65.3 cm³/mol. The summed E-state index contributed by atoms with van der Waals surface area (Å²) in [5, 5.41) is 0.975. The van der Waals surface area contributed by atoms with E-state index in [1.807, 2.05) is 25.1 Å². The smallest absolute Gasteiger partial charge is 0.273 e. The molecule has 2 rings (SSSR count). The zero-order valence-corrected chi connectivity index (χ0v) is 9.53. The van der Waals surface area contributed by atoms with Crippen molar-refractivity contribution in [3.63, 3.8) is 0 Å². The quantitative estimate of drug-likeness (QED) is 0.850. The minimum atomic E-state index is -0.0281. The van der Waals surface area contributed by atoms with Gasteiger partial charge in [-0.15, -0.1) is 0 Å². The minimum Gasteiger partial charge on any atom is -0.321 e. The van der Waals surface area contributed by atoms with Gasteiger partial charge in [-0.2, -0.15) is 0 Å². The maximum Gasteiger partial charge on any atom is 0.273 e. The average molecular weight is 217 g/mol. The zero-order valence-electron chi connectivity index (χ0n) is 9.53. The molecular weight excluding hydrogens is 202 g/mol. The number of aromatic nitrogens is 2. The summed E-state index contributed by atoms with van der Waals surface area (Å²) in [5.74, 6) is 0. The Hall–Kier alpha value is -1.84. The molecule has 1 N–H and O–H groups in total. The van der Waals surface area contributed by atoms with Gasteiger partial charge in [0.05, 0.1) is 0 Å². The van der Waals surface area contributed by atoms with Crippen LogP contribution in [0.3, 0.4) is 0 Å². The zero-order chi connectivity index (χ0) is 11.5. The van der Waals surface area contributed by atoms with Gasteiger partial charge < -0.3 is 5.43 Å². The first-order valence-electron chi connectivity index (χ1n) is 5.45. The van der Waals surface area contributed by atoms with Crippen LogP contribution in [0.1, 0.15) is 18.9 Å². The van der Waals surface area contributed by atoms with Crippen molar-refractivity contribution in [3.05, 3.63) is 40.3 Å². The molecule has 0 aliphatic heterocycles. The van der Waals surface area contributed by atoms with Crippen molar-refractivity contribution in [2.45, 2.75) is 20.3 Å². The van der Waals surface area contributed by atoms with Gasteiger partial charge in [0.1, 0.15) is 0 Å². The Balaban J connectivity index is 2.66. The molecule has 0 saturated carbocycles. The molecule has 0 aromatic carbocycles. The van der Waals surface area contributed by atoms with Crippen molar-refractivity contribution in [2.75, 3.05) is 12.0 Å². The fraction of sp³-hybridized carbons (Fsp3) is 0.333. The van der Waals surface area contributed by atoms with Crippen LogP contribution < -0.4 is 11.0 Å². The van der Waals surface area contributed by atoms with Crippen molar-refractivity contribution in [1.82, 2.24) is 9.66 Å². The van der Waals surface area contributed by atoms with E-state index in [0.29, 0.717) is 5.65 Å². The van der Waals surface area contributed by atoms with Gasteiger partial charge in [-0.3, -0.25) is 4.79 Å². The molecule has 0 amide bonds. The summed E-state index contributed by atoms with van der Waals surface area (Å²) in [6.07, 6.45) is 2.66. The largest absolute Gasteiger partial charge is 0.321 e. The maximum absolute atomic E-state index is 11.9. The summed E-state index contributed by atoms with van der Waals surface area (Å²) in [6, 6.07) is 5.70. The van der Waals surface area contributed by atoms with Crippen molar-refractivity contribution in [2.24, 2.45) is 0 Å². The molecule has 0 bridgehead atoms. The molecule has 16 heavy (non-hydrogen) atoms. The molecule has 4 heteroatoms. The number of pyridine rings is 2. The van der Waals surface area contributed by atoms with Crippen LogP contribution in [0.15, 0.2) is 29.2 Å². The Labute approximate surface area is 93.9 Å². The molecule has 0 radical (unpaired) electrons. The minimum absolute atomic E-state index is 0.0281. The molecule has 2 aromatic rings. The van der Waals surface area contributed by atoms with E-state index in [1.165, 1.54) is 4.68 Å². The van der Waals surface area contributed by atoms with Gasteiger partial charge >= 0.3 is 0 Å². The second-order valence-electron chi connectivity index (χ2n) is 3.79. The molecule has 0 spiro atoms. The summed E-state index contributed by atoms with van der Waals surface area (Å²) < 4.78 is 1.54. The number of nitrogens with one attached hydrogen (secondary N) is 1. The average Bonchev–Trinajstić information content (AvgIpc) is 2.30. The molecule has 0 aliphatic carbocycles. The third kappa shape index (κ3) is 1.78. The molecular formula is C12H15N3O. The van der Waals surface area contributed by atoms with Crippen molar-refractivity contribution in [3.8, 4) is 0 Å². The van der Waals surface area contributed by atoms with E-state index in [2.05, 4.69) is 17.3 Å². The number of rotatable bonds is 3. The van der Waals surface area contributed by atoms with E-state index < -0.39 is 0 Å². The van der Waals surface area contributed by atoms with Crippen molar-refractivity contribution >= 4 is 11.0 Å². The Morgan fingerprint density at radius 1 is 1.50 bits per heavy atom. The SMILES string of the molecule is CCCNn1c(=O)c(C)cc2cccnc21. The van der Waals surface area contributed by atoms with Gasteiger partial charge in [0.2, 0.25) is 0 Å². The molecule has 0 atom stereocenters. The van der Waals surface area contributed by atoms with E-state index in [9.17, 15) is 4.79 Å². The van der Waals surface area contributed by atoms with E-state index >= 15 is 0 Å². The third-order valence-corrected chi connectivity index (χ3v) is 2.46. The van der Waals surface area contributed by atoms with Crippen LogP contribution in [0.5, 0.6) is 0 Å². The van der Waals surface area contributed by atoms with Crippen LogP contribution in [0, 0.1) is 6.92 Å². The lowest BCUT2D eigenvalue weighted by Crippen LogP contribution is -2.31. The van der Waals surface area contributed by atoms with E-state index in [0.717, 1.165) is 23.9 Å². The second-order valence-corrected chi connectivity index (χ2v) is 3.79. The van der Waals surface area contributed by atoms with Crippen molar-refractivity contribution < 1.29 is 0 Å². The second kappa shape index (κ2) is 4.35. The molecule has 2 aromatic heterocycles. The molecule has 0 fully saturated rings. The number of nitrogens with zero attached hydrogens (tertiary/aromatic N) is 2. The number of aryl methyl sites for hydroxylation is 1. The monoisotopic (exact) mass is 217 g/mol. The lowest BCUT2D eigenvalue weighted by molar-refractivity contribution is 0.791. The summed E-state index contributed by atoms with van der Waals surface area (Å²) in [5.41, 5.74) is 4.47. The van der Waals surface area contributed by atoms with E-state index in [4.69, 9.17) is 0 Å². The van der Waals surface area contributed by atoms with Crippen LogP contribution >= 0.6 is 0 Å². The lowest BCUT2D eigenvalue weighted by Gasteiger charge is -2.11. The molecule has 0 aliphatic rings. The highest BCUT2D eigenvalue weighted by atomic mass is 16.1. The molecule has 84 valence electrons. The standard InChI is InChI=1S/C12H15N3O/c1-3-6-14-15-11-10(5-4-7-13-11)8-9(2)12(15)16/h4-5,7-8,14H,3,6H2,1-2H3. The first-order chi connectivity index (χ1) is 7.74. The highest BCUT2D eigenvalue weighted by Gasteiger charge is 2.05. The van der Waals surface area contributed by atoms with Gasteiger partial charge in [-0.1, -0.05) is 6.92 Å². The molecule has 4 nitrogen and oxygen atoms in total. The van der Waals surface area contributed by atoms with Crippen LogP contribution in [-0.2, 0) is 0 Å². The van der Waals surface area contributed by atoms with E-state index in [1.54, 1.807) is 6.20 Å². The Morgan fingerprint density at radius 3 is 3.06 bits per heavy atom. The lowest BCUT2D eigenvalue weighted by atomic mass is 10.2. The topological polar surface area (TPSA) is 46.9 Å². The number of hydrogen-bond donors (Lipinski definition) is 1. The first kappa shape index (κ1) is 10.7. The summed E-state index contributed by atoms with van der Waals surface area (Å²) in [6.45, 7) is 4.64. The fourth-order valence-electron chi connectivity index (χ4n) is 1.65. The van der Waals surface area contributed by atoms with Gasteiger partial charge in [-0.05, 0) is 31.5 Å². The Kier molecular flexibility index (Phi) is 2.90. The van der Waals surface area contributed by atoms with E-state index in [-0.39, 0.29) is 5.56 Å². The van der Waals surface area contributed by atoms with Crippen LogP contribution in [0.25, 0.3) is 11.0 Å². The third-order valence-electron chi connectivity index (χ3n) is 2.46. The summed E-state index contributed by atoms with van der Waals surface area (Å²) >= 11 is 0. The van der Waals surface area contributed by atoms with Crippen LogP contribution in [-0.4, -0.2) is 16.2 Å². The summed E-state index contributed by atoms with van der Waals surface area (Å²) in [7, 11) is 0. The predicted octanol–water partition coefficient (Wildman–Crippen LogP) is 1.66.